The average molecular weight is 555 g/mol. The number of aliphatic hydroxyl groups is 1. The van der Waals surface area contributed by atoms with Crippen molar-refractivity contribution in [3.63, 3.8) is 0 Å². The molecule has 41 heavy (non-hydrogen) atoms. The van der Waals surface area contributed by atoms with Crippen LogP contribution in [0.5, 0.6) is 0 Å². The maximum atomic E-state index is 13.9. The van der Waals surface area contributed by atoms with Crippen molar-refractivity contribution in [2.24, 2.45) is 0 Å². The van der Waals surface area contributed by atoms with Crippen molar-refractivity contribution < 1.29 is 18.7 Å². The number of hydrogen-bond acceptors (Lipinski definition) is 4. The van der Waals surface area contributed by atoms with Crippen LogP contribution in [0.3, 0.4) is 0 Å². The van der Waals surface area contributed by atoms with E-state index in [0.717, 1.165) is 29.3 Å². The van der Waals surface area contributed by atoms with Crippen LogP contribution in [0, 0.1) is 11.6 Å². The summed E-state index contributed by atoms with van der Waals surface area (Å²) in [6, 6.07) is 23.6. The second-order valence-electron chi connectivity index (χ2n) is 10.1. The molecule has 0 spiro atoms. The lowest BCUT2D eigenvalue weighted by molar-refractivity contribution is 0.0830. The summed E-state index contributed by atoms with van der Waals surface area (Å²) >= 11 is 0. The van der Waals surface area contributed by atoms with Gasteiger partial charge in [-0.25, -0.2) is 13.8 Å². The molecule has 1 amide bonds. The molecule has 6 nitrogen and oxygen atoms in total. The molecule has 0 aliphatic heterocycles. The molecular formula is C33H32F2N4O2. The Morgan fingerprint density at radius 3 is 2.44 bits per heavy atom. The zero-order valence-corrected chi connectivity index (χ0v) is 22.7. The number of rotatable bonds is 11. The second kappa shape index (κ2) is 12.8. The number of aromatic nitrogens is 2. The minimum absolute atomic E-state index is 0.0400. The number of halogens is 2. The van der Waals surface area contributed by atoms with Crippen molar-refractivity contribution in [3.05, 3.63) is 131 Å². The van der Waals surface area contributed by atoms with E-state index in [-0.39, 0.29) is 13.0 Å². The van der Waals surface area contributed by atoms with Gasteiger partial charge in [0, 0.05) is 42.7 Å². The molecule has 2 aromatic heterocycles. The Labute approximate surface area is 237 Å². The fourth-order valence-electron chi connectivity index (χ4n) is 4.86. The molecule has 0 aliphatic rings. The first-order valence-corrected chi connectivity index (χ1v) is 13.6. The molecule has 0 saturated carbocycles. The molecule has 5 rings (SSSR count). The largest absolute Gasteiger partial charge is 0.390 e. The van der Waals surface area contributed by atoms with Gasteiger partial charge in [-0.15, -0.1) is 0 Å². The van der Waals surface area contributed by atoms with Gasteiger partial charge in [0.15, 0.2) is 0 Å². The van der Waals surface area contributed by atoms with E-state index < -0.39 is 29.7 Å². The summed E-state index contributed by atoms with van der Waals surface area (Å²) in [5.74, 6) is -1.85. The van der Waals surface area contributed by atoms with Gasteiger partial charge in [-0.3, -0.25) is 4.79 Å². The van der Waals surface area contributed by atoms with E-state index in [9.17, 15) is 18.7 Å². The summed E-state index contributed by atoms with van der Waals surface area (Å²) in [7, 11) is 0. The molecule has 5 aromatic rings. The number of imidazole rings is 1. The number of benzene rings is 3. The van der Waals surface area contributed by atoms with Gasteiger partial charge in [-0.1, -0.05) is 61.5 Å². The number of amides is 1. The van der Waals surface area contributed by atoms with Crippen LogP contribution in [0.2, 0.25) is 0 Å². The quantitative estimate of drug-likeness (QED) is 0.206. The van der Waals surface area contributed by atoms with E-state index >= 15 is 0 Å². The highest BCUT2D eigenvalue weighted by molar-refractivity contribution is 5.95. The molecule has 2 atom stereocenters. The fraction of sp³-hybridized carbons (Fsp3) is 0.212. The van der Waals surface area contributed by atoms with Crippen LogP contribution in [-0.2, 0) is 19.4 Å². The maximum absolute atomic E-state index is 13.9. The number of carbonyl (C=O) groups is 1. The molecule has 0 radical (unpaired) electrons. The van der Waals surface area contributed by atoms with Crippen molar-refractivity contribution >= 4 is 11.6 Å². The standard InChI is InChI=1S/C33H32F2N4O2/c1-2-22-7-6-8-23(13-22)19-36-20-31(40)29(16-24-14-27(34)18-28(35)15-24)38-33(41)26-11-12-39-21-30(37-32(39)17-26)25-9-4-3-5-10-25/h3-15,17-18,21,29,31,36,40H,2,16,19-20H2,1H3,(H,38,41)/t29-,31+/m0/s1. The Morgan fingerprint density at radius 1 is 0.927 bits per heavy atom. The lowest BCUT2D eigenvalue weighted by Crippen LogP contribution is -2.48. The molecule has 210 valence electrons. The minimum Gasteiger partial charge on any atom is -0.390 e. The van der Waals surface area contributed by atoms with E-state index in [0.29, 0.717) is 23.3 Å². The van der Waals surface area contributed by atoms with Gasteiger partial charge in [0.1, 0.15) is 17.3 Å². The number of pyridine rings is 1. The first kappa shape index (κ1) is 28.1. The van der Waals surface area contributed by atoms with Gasteiger partial charge in [0.2, 0.25) is 0 Å². The Balaban J connectivity index is 1.32. The highest BCUT2D eigenvalue weighted by Gasteiger charge is 2.23. The van der Waals surface area contributed by atoms with E-state index in [1.807, 2.05) is 53.1 Å². The van der Waals surface area contributed by atoms with Crippen LogP contribution >= 0.6 is 0 Å². The van der Waals surface area contributed by atoms with E-state index in [1.165, 1.54) is 17.7 Å². The lowest BCUT2D eigenvalue weighted by atomic mass is 10.00. The first-order chi connectivity index (χ1) is 19.9. The van der Waals surface area contributed by atoms with Crippen molar-refractivity contribution in [2.75, 3.05) is 6.54 Å². The van der Waals surface area contributed by atoms with Gasteiger partial charge in [0.05, 0.1) is 17.8 Å². The minimum atomic E-state index is -1.03. The van der Waals surface area contributed by atoms with Crippen molar-refractivity contribution in [2.45, 2.75) is 38.5 Å². The summed E-state index contributed by atoms with van der Waals surface area (Å²) in [6.07, 6.45) is 3.58. The number of aliphatic hydroxyl groups excluding tert-OH is 1. The number of fused-ring (bicyclic) bond motifs is 1. The van der Waals surface area contributed by atoms with Crippen LogP contribution in [-0.4, -0.2) is 39.1 Å². The molecule has 0 bridgehead atoms. The summed E-state index contributed by atoms with van der Waals surface area (Å²) in [4.78, 5) is 18.0. The highest BCUT2D eigenvalue weighted by Crippen LogP contribution is 2.20. The Kier molecular flexibility index (Phi) is 8.82. The molecule has 3 aromatic carbocycles. The summed E-state index contributed by atoms with van der Waals surface area (Å²) in [5, 5.41) is 17.2. The average Bonchev–Trinajstić information content (AvgIpc) is 3.40. The van der Waals surface area contributed by atoms with E-state index in [4.69, 9.17) is 0 Å². The molecule has 0 saturated heterocycles. The van der Waals surface area contributed by atoms with Gasteiger partial charge in [-0.05, 0) is 53.8 Å². The predicted octanol–water partition coefficient (Wildman–Crippen LogP) is 5.33. The maximum Gasteiger partial charge on any atom is 0.251 e. The molecule has 0 fully saturated rings. The topological polar surface area (TPSA) is 78.7 Å². The highest BCUT2D eigenvalue weighted by atomic mass is 19.1. The van der Waals surface area contributed by atoms with Gasteiger partial charge >= 0.3 is 0 Å². The fourth-order valence-corrected chi connectivity index (χ4v) is 4.86. The van der Waals surface area contributed by atoms with Crippen LogP contribution < -0.4 is 10.6 Å². The lowest BCUT2D eigenvalue weighted by Gasteiger charge is -2.25. The number of hydrogen-bond donors (Lipinski definition) is 3. The molecular weight excluding hydrogens is 522 g/mol. The first-order valence-electron chi connectivity index (χ1n) is 13.6. The van der Waals surface area contributed by atoms with Crippen molar-refractivity contribution in [1.82, 2.24) is 20.0 Å². The van der Waals surface area contributed by atoms with Gasteiger partial charge in [-0.2, -0.15) is 0 Å². The number of nitrogens with zero attached hydrogens (tertiary/aromatic N) is 2. The van der Waals surface area contributed by atoms with Crippen LogP contribution in [0.25, 0.3) is 16.9 Å². The SMILES string of the molecule is CCc1cccc(CNC[C@@H](O)[C@H](Cc2cc(F)cc(F)c2)NC(=O)c2ccn3cc(-c4ccccc4)nc3c2)c1. The summed E-state index contributed by atoms with van der Waals surface area (Å²) in [6.45, 7) is 2.78. The van der Waals surface area contributed by atoms with Gasteiger partial charge < -0.3 is 20.1 Å². The van der Waals surface area contributed by atoms with Gasteiger partial charge in [0.25, 0.3) is 5.91 Å². The normalized spacial score (nSPS) is 12.8. The second-order valence-corrected chi connectivity index (χ2v) is 10.1. The van der Waals surface area contributed by atoms with Crippen LogP contribution in [0.1, 0.15) is 34.0 Å². The smallest absolute Gasteiger partial charge is 0.251 e. The third kappa shape index (κ3) is 7.22. The monoisotopic (exact) mass is 554 g/mol. The van der Waals surface area contributed by atoms with Crippen molar-refractivity contribution in [3.8, 4) is 11.3 Å². The molecule has 3 N–H and O–H groups in total. The van der Waals surface area contributed by atoms with Crippen molar-refractivity contribution in [1.29, 1.82) is 0 Å². The third-order valence-electron chi connectivity index (χ3n) is 7.03. The van der Waals surface area contributed by atoms with E-state index in [2.05, 4.69) is 34.7 Å². The predicted molar refractivity (Wildman–Crippen MR) is 155 cm³/mol. The molecule has 0 aliphatic carbocycles. The molecule has 2 heterocycles. The summed E-state index contributed by atoms with van der Waals surface area (Å²) < 4.78 is 29.7. The number of aryl methyl sites for hydroxylation is 1. The molecule has 0 unspecified atom stereocenters. The Hall–Kier alpha value is -4.40. The van der Waals surface area contributed by atoms with Crippen LogP contribution in [0.4, 0.5) is 8.78 Å². The Bertz CT molecular complexity index is 1620. The Morgan fingerprint density at radius 2 is 1.68 bits per heavy atom. The third-order valence-corrected chi connectivity index (χ3v) is 7.03. The molecule has 8 heteroatoms. The van der Waals surface area contributed by atoms with E-state index in [1.54, 1.807) is 18.3 Å². The number of carbonyl (C=O) groups excluding carboxylic acids is 1. The zero-order chi connectivity index (χ0) is 28.8. The zero-order valence-electron chi connectivity index (χ0n) is 22.7. The number of nitrogens with one attached hydrogen (secondary N) is 2. The van der Waals surface area contributed by atoms with Crippen LogP contribution in [0.15, 0.2) is 97.3 Å². The summed E-state index contributed by atoms with van der Waals surface area (Å²) in [5.41, 5.74) is 5.31.